The van der Waals surface area contributed by atoms with E-state index in [2.05, 4.69) is 15.6 Å². The first-order valence-corrected chi connectivity index (χ1v) is 4.27. The van der Waals surface area contributed by atoms with Crippen molar-refractivity contribution in [3.05, 3.63) is 23.4 Å². The number of fused-ring (bicyclic) bond motifs is 1. The molecule has 0 aliphatic carbocycles. The minimum atomic E-state index is -0.0486. The van der Waals surface area contributed by atoms with Crippen molar-refractivity contribution in [3.8, 4) is 0 Å². The monoisotopic (exact) mass is 177 g/mol. The van der Waals surface area contributed by atoms with Gasteiger partial charge in [-0.05, 0) is 19.1 Å². The molecule has 1 aliphatic heterocycles. The van der Waals surface area contributed by atoms with E-state index in [1.54, 1.807) is 6.07 Å². The summed E-state index contributed by atoms with van der Waals surface area (Å²) in [5.41, 5.74) is 1.55. The van der Waals surface area contributed by atoms with E-state index in [0.717, 1.165) is 12.2 Å². The highest BCUT2D eigenvalue weighted by atomic mass is 16.1. The minimum absolute atomic E-state index is 0.0486. The van der Waals surface area contributed by atoms with E-state index in [1.165, 1.54) is 0 Å². The Kier molecular flexibility index (Phi) is 1.88. The zero-order valence-corrected chi connectivity index (χ0v) is 7.42. The number of hydrogen-bond donors (Lipinski definition) is 2. The molecule has 1 aromatic rings. The summed E-state index contributed by atoms with van der Waals surface area (Å²) in [6, 6.07) is 3.64. The summed E-state index contributed by atoms with van der Waals surface area (Å²) in [7, 11) is 0. The molecule has 0 fully saturated rings. The molecule has 13 heavy (non-hydrogen) atoms. The van der Waals surface area contributed by atoms with Crippen LogP contribution in [-0.2, 0) is 0 Å². The molecule has 0 spiro atoms. The van der Waals surface area contributed by atoms with Crippen LogP contribution in [-0.4, -0.2) is 24.0 Å². The summed E-state index contributed by atoms with van der Waals surface area (Å²) < 4.78 is 0. The van der Waals surface area contributed by atoms with Gasteiger partial charge in [-0.15, -0.1) is 0 Å². The maximum Gasteiger partial charge on any atom is 0.255 e. The van der Waals surface area contributed by atoms with Crippen LogP contribution in [0.1, 0.15) is 16.1 Å². The van der Waals surface area contributed by atoms with Crippen LogP contribution in [0.15, 0.2) is 12.1 Å². The molecule has 0 aromatic carbocycles. The molecule has 1 aromatic heterocycles. The van der Waals surface area contributed by atoms with Crippen LogP contribution >= 0.6 is 0 Å². The first-order valence-electron chi connectivity index (χ1n) is 4.27. The predicted octanol–water partition coefficient (Wildman–Crippen LogP) is 0.545. The molecule has 2 N–H and O–H groups in total. The van der Waals surface area contributed by atoms with Crippen LogP contribution in [0.4, 0.5) is 5.82 Å². The van der Waals surface area contributed by atoms with E-state index in [4.69, 9.17) is 0 Å². The number of aryl methyl sites for hydroxylation is 1. The van der Waals surface area contributed by atoms with Gasteiger partial charge in [0.05, 0.1) is 5.56 Å². The molecule has 0 saturated carbocycles. The largest absolute Gasteiger partial charge is 0.368 e. The fourth-order valence-corrected chi connectivity index (χ4v) is 1.33. The summed E-state index contributed by atoms with van der Waals surface area (Å²) in [6.07, 6.45) is 0. The highest BCUT2D eigenvalue weighted by Gasteiger charge is 2.14. The summed E-state index contributed by atoms with van der Waals surface area (Å²) in [6.45, 7) is 3.29. The number of aromatic nitrogens is 1. The summed E-state index contributed by atoms with van der Waals surface area (Å²) in [5, 5.41) is 5.88. The third kappa shape index (κ3) is 1.47. The van der Waals surface area contributed by atoms with Crippen molar-refractivity contribution in [2.24, 2.45) is 0 Å². The second-order valence-electron chi connectivity index (χ2n) is 3.03. The smallest absolute Gasteiger partial charge is 0.255 e. The molecule has 2 rings (SSSR count). The third-order valence-corrected chi connectivity index (χ3v) is 1.98. The number of carbonyl (C=O) groups is 1. The standard InChI is InChI=1S/C9H11N3O/c1-6-2-3-7-8(12-6)10-4-5-11-9(7)13/h2-3H,4-5H2,1H3,(H,10,12)(H,11,13). The van der Waals surface area contributed by atoms with Crippen LogP contribution in [0, 0.1) is 6.92 Å². The zero-order valence-electron chi connectivity index (χ0n) is 7.42. The highest BCUT2D eigenvalue weighted by molar-refractivity contribution is 5.99. The molecule has 0 unspecified atom stereocenters. The molecule has 4 nitrogen and oxygen atoms in total. The minimum Gasteiger partial charge on any atom is -0.368 e. The fourth-order valence-electron chi connectivity index (χ4n) is 1.33. The van der Waals surface area contributed by atoms with Gasteiger partial charge in [0.2, 0.25) is 0 Å². The van der Waals surface area contributed by atoms with Crippen molar-refractivity contribution in [1.29, 1.82) is 0 Å². The number of nitrogens with zero attached hydrogens (tertiary/aromatic N) is 1. The number of hydrogen-bond acceptors (Lipinski definition) is 3. The van der Waals surface area contributed by atoms with Gasteiger partial charge in [-0.1, -0.05) is 0 Å². The van der Waals surface area contributed by atoms with Gasteiger partial charge in [0, 0.05) is 18.8 Å². The molecule has 68 valence electrons. The predicted molar refractivity (Wildman–Crippen MR) is 49.8 cm³/mol. The van der Waals surface area contributed by atoms with Gasteiger partial charge in [0.1, 0.15) is 5.82 Å². The van der Waals surface area contributed by atoms with E-state index >= 15 is 0 Å². The van der Waals surface area contributed by atoms with Crippen molar-refractivity contribution in [2.75, 3.05) is 18.4 Å². The number of amides is 1. The van der Waals surface area contributed by atoms with Crippen molar-refractivity contribution in [2.45, 2.75) is 6.92 Å². The summed E-state index contributed by atoms with van der Waals surface area (Å²) in [5.74, 6) is 0.641. The third-order valence-electron chi connectivity index (χ3n) is 1.98. The maximum atomic E-state index is 11.4. The molecule has 2 heterocycles. The molecule has 1 amide bonds. The van der Waals surface area contributed by atoms with Crippen LogP contribution in [0.25, 0.3) is 0 Å². The van der Waals surface area contributed by atoms with Gasteiger partial charge in [0.15, 0.2) is 0 Å². The van der Waals surface area contributed by atoms with Crippen LogP contribution in [0.5, 0.6) is 0 Å². The van der Waals surface area contributed by atoms with E-state index in [1.807, 2.05) is 13.0 Å². The highest BCUT2D eigenvalue weighted by Crippen LogP contribution is 2.14. The normalized spacial score (nSPS) is 15.3. The van der Waals surface area contributed by atoms with E-state index in [-0.39, 0.29) is 5.91 Å². The average Bonchev–Trinajstić information content (AvgIpc) is 2.28. The number of pyridine rings is 1. The van der Waals surface area contributed by atoms with Crippen molar-refractivity contribution < 1.29 is 4.79 Å². The first kappa shape index (κ1) is 8.04. The Labute approximate surface area is 76.4 Å². The van der Waals surface area contributed by atoms with Gasteiger partial charge in [0.25, 0.3) is 5.91 Å². The Hall–Kier alpha value is -1.58. The van der Waals surface area contributed by atoms with E-state index < -0.39 is 0 Å². The lowest BCUT2D eigenvalue weighted by Crippen LogP contribution is -2.24. The van der Waals surface area contributed by atoms with Crippen LogP contribution in [0.3, 0.4) is 0 Å². The van der Waals surface area contributed by atoms with Gasteiger partial charge in [-0.3, -0.25) is 4.79 Å². The van der Waals surface area contributed by atoms with E-state index in [9.17, 15) is 4.79 Å². The quantitative estimate of drug-likeness (QED) is 0.608. The summed E-state index contributed by atoms with van der Waals surface area (Å²) >= 11 is 0. The first-order chi connectivity index (χ1) is 6.27. The Balaban J connectivity index is 2.48. The maximum absolute atomic E-state index is 11.4. The topological polar surface area (TPSA) is 54.0 Å². The lowest BCUT2D eigenvalue weighted by atomic mass is 10.2. The molecule has 0 atom stereocenters. The lowest BCUT2D eigenvalue weighted by Gasteiger charge is -2.04. The second kappa shape index (κ2) is 3.05. The molecule has 1 aliphatic rings. The van der Waals surface area contributed by atoms with Crippen molar-refractivity contribution in [1.82, 2.24) is 10.3 Å². The van der Waals surface area contributed by atoms with Crippen LogP contribution in [0.2, 0.25) is 0 Å². The average molecular weight is 177 g/mol. The van der Waals surface area contributed by atoms with Gasteiger partial charge < -0.3 is 10.6 Å². The molecular formula is C9H11N3O. The molecule has 0 bridgehead atoms. The molecule has 0 radical (unpaired) electrons. The summed E-state index contributed by atoms with van der Waals surface area (Å²) in [4.78, 5) is 15.7. The van der Waals surface area contributed by atoms with Crippen molar-refractivity contribution in [3.63, 3.8) is 0 Å². The SMILES string of the molecule is Cc1ccc2c(n1)NCCNC2=O. The molecule has 4 heteroatoms. The fraction of sp³-hybridized carbons (Fsp3) is 0.333. The Morgan fingerprint density at radius 3 is 2.92 bits per heavy atom. The number of anilines is 1. The Bertz CT molecular complexity index is 349. The van der Waals surface area contributed by atoms with Crippen LogP contribution < -0.4 is 10.6 Å². The number of carbonyl (C=O) groups excluding carboxylic acids is 1. The lowest BCUT2D eigenvalue weighted by molar-refractivity contribution is 0.0958. The molecular weight excluding hydrogens is 166 g/mol. The number of nitrogens with one attached hydrogen (secondary N) is 2. The Morgan fingerprint density at radius 2 is 2.08 bits per heavy atom. The van der Waals surface area contributed by atoms with Gasteiger partial charge >= 0.3 is 0 Å². The Morgan fingerprint density at radius 1 is 1.31 bits per heavy atom. The van der Waals surface area contributed by atoms with Gasteiger partial charge in [-0.25, -0.2) is 4.98 Å². The zero-order chi connectivity index (χ0) is 9.26. The van der Waals surface area contributed by atoms with Gasteiger partial charge in [-0.2, -0.15) is 0 Å². The molecule has 0 saturated heterocycles. The second-order valence-corrected chi connectivity index (χ2v) is 3.03. The van der Waals surface area contributed by atoms with E-state index in [0.29, 0.717) is 17.9 Å². The number of rotatable bonds is 0. The van der Waals surface area contributed by atoms with Crippen molar-refractivity contribution >= 4 is 11.7 Å².